The Morgan fingerprint density at radius 3 is 2.96 bits per heavy atom. The number of para-hydroxylation sites is 1. The Bertz CT molecular complexity index is 786. The molecule has 1 aromatic heterocycles. The fourth-order valence-corrected chi connectivity index (χ4v) is 3.55. The number of carbonyl (C=O) groups is 2. The first-order chi connectivity index (χ1) is 11.1. The lowest BCUT2D eigenvalue weighted by molar-refractivity contribution is -0.00534. The van der Waals surface area contributed by atoms with Crippen molar-refractivity contribution in [3.05, 3.63) is 30.0 Å². The van der Waals surface area contributed by atoms with E-state index in [0.29, 0.717) is 25.3 Å². The third kappa shape index (κ3) is 2.23. The van der Waals surface area contributed by atoms with Crippen molar-refractivity contribution in [2.45, 2.75) is 18.4 Å². The molecule has 1 atom stereocenters. The van der Waals surface area contributed by atoms with E-state index in [-0.39, 0.29) is 12.0 Å². The molecule has 1 unspecified atom stereocenters. The summed E-state index contributed by atoms with van der Waals surface area (Å²) in [5.41, 5.74) is 0.691. The van der Waals surface area contributed by atoms with E-state index < -0.39 is 5.60 Å². The SMILES string of the molecule is CN1CC2(CCCN(C(=O)c3n[nH]c4ccccc34)C2)OC1=O. The Hall–Kier alpha value is -2.57. The summed E-state index contributed by atoms with van der Waals surface area (Å²) in [4.78, 5) is 27.9. The molecule has 2 fully saturated rings. The van der Waals surface area contributed by atoms with Crippen LogP contribution in [-0.4, -0.2) is 64.3 Å². The van der Waals surface area contributed by atoms with Gasteiger partial charge in [0.1, 0.15) is 5.60 Å². The molecule has 0 saturated carbocycles. The fourth-order valence-electron chi connectivity index (χ4n) is 3.55. The van der Waals surface area contributed by atoms with Gasteiger partial charge in [-0.2, -0.15) is 5.10 Å². The molecule has 2 amide bonds. The Morgan fingerprint density at radius 1 is 1.35 bits per heavy atom. The first-order valence-corrected chi connectivity index (χ1v) is 7.74. The van der Waals surface area contributed by atoms with Crippen molar-refractivity contribution in [1.29, 1.82) is 0 Å². The molecule has 0 aliphatic carbocycles. The normalized spacial score (nSPS) is 24.5. The van der Waals surface area contributed by atoms with Crippen LogP contribution >= 0.6 is 0 Å². The number of carbonyl (C=O) groups excluding carboxylic acids is 2. The molecule has 1 spiro atoms. The number of likely N-dealkylation sites (tertiary alicyclic amines) is 1. The van der Waals surface area contributed by atoms with Crippen LogP contribution in [0.2, 0.25) is 0 Å². The minimum atomic E-state index is -0.578. The smallest absolute Gasteiger partial charge is 0.410 e. The Kier molecular flexibility index (Phi) is 3.04. The van der Waals surface area contributed by atoms with Gasteiger partial charge in [-0.05, 0) is 18.9 Å². The summed E-state index contributed by atoms with van der Waals surface area (Å²) in [5, 5.41) is 7.89. The third-order valence-electron chi connectivity index (χ3n) is 4.64. The summed E-state index contributed by atoms with van der Waals surface area (Å²) in [5.74, 6) is -0.118. The van der Waals surface area contributed by atoms with Gasteiger partial charge in [-0.15, -0.1) is 0 Å². The van der Waals surface area contributed by atoms with Crippen molar-refractivity contribution in [3.63, 3.8) is 0 Å². The number of nitrogens with one attached hydrogen (secondary N) is 1. The number of hydrogen-bond donors (Lipinski definition) is 1. The van der Waals surface area contributed by atoms with E-state index >= 15 is 0 Å². The lowest BCUT2D eigenvalue weighted by atomic mass is 9.92. The van der Waals surface area contributed by atoms with E-state index in [4.69, 9.17) is 4.74 Å². The largest absolute Gasteiger partial charge is 0.439 e. The molecule has 0 bridgehead atoms. The molecule has 2 saturated heterocycles. The van der Waals surface area contributed by atoms with Gasteiger partial charge in [-0.1, -0.05) is 18.2 Å². The van der Waals surface area contributed by atoms with Crippen molar-refractivity contribution in [2.75, 3.05) is 26.7 Å². The van der Waals surface area contributed by atoms with Gasteiger partial charge in [0.25, 0.3) is 5.91 Å². The molecule has 7 heteroatoms. The lowest BCUT2D eigenvalue weighted by Gasteiger charge is -2.38. The van der Waals surface area contributed by atoms with Gasteiger partial charge in [-0.3, -0.25) is 9.89 Å². The highest BCUT2D eigenvalue weighted by atomic mass is 16.6. The van der Waals surface area contributed by atoms with Crippen molar-refractivity contribution < 1.29 is 14.3 Å². The number of amides is 2. The maximum Gasteiger partial charge on any atom is 0.410 e. The van der Waals surface area contributed by atoms with Crippen molar-refractivity contribution in [1.82, 2.24) is 20.0 Å². The molecule has 2 aromatic rings. The number of rotatable bonds is 1. The number of fused-ring (bicyclic) bond motifs is 1. The predicted molar refractivity (Wildman–Crippen MR) is 83.1 cm³/mol. The predicted octanol–water partition coefficient (Wildman–Crippen LogP) is 1.62. The zero-order valence-corrected chi connectivity index (χ0v) is 12.9. The number of hydrogen-bond acceptors (Lipinski definition) is 4. The molecule has 7 nitrogen and oxygen atoms in total. The molecule has 120 valence electrons. The highest BCUT2D eigenvalue weighted by Crippen LogP contribution is 2.32. The second kappa shape index (κ2) is 4.97. The zero-order chi connectivity index (χ0) is 16.0. The van der Waals surface area contributed by atoms with Crippen LogP contribution in [0.3, 0.4) is 0 Å². The number of aromatic amines is 1. The van der Waals surface area contributed by atoms with E-state index in [1.807, 2.05) is 24.3 Å². The van der Waals surface area contributed by atoms with Crippen molar-refractivity contribution in [3.8, 4) is 0 Å². The van der Waals surface area contributed by atoms with E-state index in [9.17, 15) is 9.59 Å². The fraction of sp³-hybridized carbons (Fsp3) is 0.438. The summed E-state index contributed by atoms with van der Waals surface area (Å²) >= 11 is 0. The minimum Gasteiger partial charge on any atom is -0.439 e. The zero-order valence-electron chi connectivity index (χ0n) is 12.9. The quantitative estimate of drug-likeness (QED) is 0.867. The second-order valence-electron chi connectivity index (χ2n) is 6.36. The molecule has 2 aliphatic rings. The van der Waals surface area contributed by atoms with Crippen LogP contribution in [0.25, 0.3) is 10.9 Å². The number of piperidine rings is 1. The van der Waals surface area contributed by atoms with Crippen LogP contribution in [0.15, 0.2) is 24.3 Å². The Labute approximate surface area is 133 Å². The van der Waals surface area contributed by atoms with Gasteiger partial charge in [-0.25, -0.2) is 4.79 Å². The lowest BCUT2D eigenvalue weighted by Crippen LogP contribution is -2.52. The maximum atomic E-state index is 12.9. The number of nitrogens with zero attached hydrogens (tertiary/aromatic N) is 3. The Balaban J connectivity index is 1.60. The number of aromatic nitrogens is 2. The molecule has 2 aliphatic heterocycles. The summed E-state index contributed by atoms with van der Waals surface area (Å²) < 4.78 is 5.55. The molecular weight excluding hydrogens is 296 g/mol. The molecule has 0 radical (unpaired) electrons. The standard InChI is InChI=1S/C16H18N4O3/c1-19-9-16(23-15(19)22)7-4-8-20(10-16)14(21)13-11-5-2-3-6-12(11)17-18-13/h2-3,5-6H,4,7-10H2,1H3,(H,17,18). The van der Waals surface area contributed by atoms with E-state index in [1.54, 1.807) is 16.8 Å². The van der Waals surface area contributed by atoms with Crippen molar-refractivity contribution >= 4 is 22.9 Å². The molecule has 3 heterocycles. The maximum absolute atomic E-state index is 12.9. The highest BCUT2D eigenvalue weighted by molar-refractivity contribution is 6.04. The van der Waals surface area contributed by atoms with E-state index in [2.05, 4.69) is 10.2 Å². The first kappa shape index (κ1) is 14.0. The van der Waals surface area contributed by atoms with Crippen molar-refractivity contribution in [2.24, 2.45) is 0 Å². The second-order valence-corrected chi connectivity index (χ2v) is 6.36. The first-order valence-electron chi connectivity index (χ1n) is 7.74. The van der Waals surface area contributed by atoms with Crippen LogP contribution in [0.1, 0.15) is 23.3 Å². The van der Waals surface area contributed by atoms with E-state index in [0.717, 1.165) is 23.7 Å². The number of likely N-dealkylation sites (N-methyl/N-ethyl adjacent to an activating group) is 1. The van der Waals surface area contributed by atoms with Crippen LogP contribution in [0.5, 0.6) is 0 Å². The molecule has 23 heavy (non-hydrogen) atoms. The van der Waals surface area contributed by atoms with Crippen LogP contribution in [0.4, 0.5) is 4.79 Å². The van der Waals surface area contributed by atoms with Crippen LogP contribution in [0, 0.1) is 0 Å². The van der Waals surface area contributed by atoms with Gasteiger partial charge in [0.2, 0.25) is 0 Å². The van der Waals surface area contributed by atoms with E-state index in [1.165, 1.54) is 0 Å². The van der Waals surface area contributed by atoms with Gasteiger partial charge in [0, 0.05) is 19.0 Å². The summed E-state index contributed by atoms with van der Waals surface area (Å²) in [7, 11) is 1.72. The third-order valence-corrected chi connectivity index (χ3v) is 4.64. The average Bonchev–Trinajstić information content (AvgIpc) is 3.08. The molecule has 1 N–H and O–H groups in total. The van der Waals surface area contributed by atoms with Gasteiger partial charge in [0.05, 0.1) is 18.6 Å². The summed E-state index contributed by atoms with van der Waals surface area (Å²) in [6, 6.07) is 7.57. The Morgan fingerprint density at radius 2 is 2.17 bits per heavy atom. The summed E-state index contributed by atoms with van der Waals surface area (Å²) in [6.45, 7) is 1.60. The average molecular weight is 314 g/mol. The minimum absolute atomic E-state index is 0.118. The van der Waals surface area contributed by atoms with Gasteiger partial charge >= 0.3 is 6.09 Å². The topological polar surface area (TPSA) is 78.5 Å². The number of H-pyrrole nitrogens is 1. The number of benzene rings is 1. The molecule has 4 rings (SSSR count). The monoisotopic (exact) mass is 314 g/mol. The number of ether oxygens (including phenoxy) is 1. The molecule has 1 aromatic carbocycles. The molecular formula is C16H18N4O3. The summed E-state index contributed by atoms with van der Waals surface area (Å²) in [6.07, 6.45) is 1.29. The highest BCUT2D eigenvalue weighted by Gasteiger charge is 2.47. The van der Waals surface area contributed by atoms with Gasteiger partial charge in [0.15, 0.2) is 5.69 Å². The van der Waals surface area contributed by atoms with Crippen LogP contribution in [-0.2, 0) is 4.74 Å². The van der Waals surface area contributed by atoms with Crippen LogP contribution < -0.4 is 0 Å². The van der Waals surface area contributed by atoms with Gasteiger partial charge < -0.3 is 14.5 Å².